The predicted octanol–water partition coefficient (Wildman–Crippen LogP) is 2.11. The Kier molecular flexibility index (Phi) is 2.92. The maximum Gasteiger partial charge on any atom is 0.145 e. The first-order valence-corrected chi connectivity index (χ1v) is 3.71. The van der Waals surface area contributed by atoms with Crippen LogP contribution in [0.5, 0.6) is 5.75 Å². The molecule has 2 nitrogen and oxygen atoms in total. The molecule has 0 aliphatic rings. The van der Waals surface area contributed by atoms with Crippen molar-refractivity contribution < 1.29 is 9.53 Å². The minimum Gasteiger partial charge on any atom is -0.496 e. The van der Waals surface area contributed by atoms with Gasteiger partial charge in [-0.25, -0.2) is 4.79 Å². The molecule has 0 atom stereocenters. The highest BCUT2D eigenvalue weighted by atomic mass is 35.5. The fraction of sp³-hybridized carbons (Fsp3) is 0.111. The average Bonchev–Trinajstić information content (AvgIpc) is 2.16. The Morgan fingerprint density at radius 1 is 1.50 bits per heavy atom. The first-order valence-electron chi connectivity index (χ1n) is 3.33. The second-order valence-corrected chi connectivity index (χ2v) is 2.49. The van der Waals surface area contributed by atoms with E-state index < -0.39 is 0 Å². The number of hydrogen-bond acceptors (Lipinski definition) is 2. The molecule has 0 saturated carbocycles. The highest BCUT2D eigenvalue weighted by molar-refractivity contribution is 6.53. The molecule has 0 amide bonds. The summed E-state index contributed by atoms with van der Waals surface area (Å²) in [7, 11) is 1.52. The van der Waals surface area contributed by atoms with Crippen molar-refractivity contribution in [2.75, 3.05) is 7.11 Å². The van der Waals surface area contributed by atoms with Gasteiger partial charge >= 0.3 is 0 Å². The van der Waals surface area contributed by atoms with Crippen LogP contribution in [0.15, 0.2) is 24.3 Å². The predicted molar refractivity (Wildman–Crippen MR) is 47.9 cm³/mol. The molecule has 0 unspecified atom stereocenters. The Bertz CT molecular complexity index is 327. The molecule has 0 spiro atoms. The molecule has 12 heavy (non-hydrogen) atoms. The third-order valence-corrected chi connectivity index (χ3v) is 1.71. The van der Waals surface area contributed by atoms with Crippen LogP contribution in [-0.2, 0) is 4.79 Å². The molecule has 1 rings (SSSR count). The van der Waals surface area contributed by atoms with Crippen LogP contribution < -0.4 is 4.74 Å². The summed E-state index contributed by atoms with van der Waals surface area (Å²) < 4.78 is 4.98. The monoisotopic (exact) mass is 182 g/mol. The molecule has 0 fully saturated rings. The Hall–Kier alpha value is -1.24. The fourth-order valence-electron chi connectivity index (χ4n) is 0.881. The molecule has 0 heterocycles. The van der Waals surface area contributed by atoms with Gasteiger partial charge in [0.25, 0.3) is 0 Å². The van der Waals surface area contributed by atoms with Crippen molar-refractivity contribution in [3.63, 3.8) is 0 Å². The molecule has 3 heteroatoms. The lowest BCUT2D eigenvalue weighted by molar-refractivity contribution is 0.413. The number of para-hydroxylation sites is 1. The van der Waals surface area contributed by atoms with Crippen molar-refractivity contribution in [3.8, 4) is 5.75 Å². The molecule has 0 aliphatic carbocycles. The molecule has 0 aromatic heterocycles. The fourth-order valence-corrected chi connectivity index (χ4v) is 1.04. The van der Waals surface area contributed by atoms with Crippen molar-refractivity contribution in [2.45, 2.75) is 0 Å². The summed E-state index contributed by atoms with van der Waals surface area (Å²) in [5.74, 6) is 2.18. The largest absolute Gasteiger partial charge is 0.496 e. The van der Waals surface area contributed by atoms with Crippen LogP contribution in [0.3, 0.4) is 0 Å². The SMILES string of the molecule is COc1ccccc1C(Cl)=C=O. The summed E-state index contributed by atoms with van der Waals surface area (Å²) in [4.78, 5) is 10.2. The summed E-state index contributed by atoms with van der Waals surface area (Å²) in [6.07, 6.45) is 0. The van der Waals surface area contributed by atoms with Crippen molar-refractivity contribution in [2.24, 2.45) is 0 Å². The number of methoxy groups -OCH3 is 1. The topological polar surface area (TPSA) is 26.3 Å². The van der Waals surface area contributed by atoms with Crippen LogP contribution in [0.4, 0.5) is 0 Å². The Morgan fingerprint density at radius 3 is 2.75 bits per heavy atom. The van der Waals surface area contributed by atoms with Gasteiger partial charge in [-0.3, -0.25) is 0 Å². The van der Waals surface area contributed by atoms with Crippen molar-refractivity contribution in [3.05, 3.63) is 29.8 Å². The molecular formula is C9H7ClO2. The molecule has 1 aromatic rings. The first-order chi connectivity index (χ1) is 5.79. The molecule has 0 bridgehead atoms. The van der Waals surface area contributed by atoms with Gasteiger partial charge in [-0.05, 0) is 12.1 Å². The van der Waals surface area contributed by atoms with Crippen LogP contribution in [0.2, 0.25) is 0 Å². The standard InChI is InChI=1S/C9H7ClO2/c1-12-9-5-3-2-4-7(9)8(10)6-11/h2-5H,1H3. The van der Waals surface area contributed by atoms with E-state index >= 15 is 0 Å². The summed E-state index contributed by atoms with van der Waals surface area (Å²) >= 11 is 5.59. The van der Waals surface area contributed by atoms with Gasteiger partial charge < -0.3 is 4.74 Å². The third kappa shape index (κ3) is 1.67. The van der Waals surface area contributed by atoms with Gasteiger partial charge in [-0.1, -0.05) is 23.7 Å². The number of carbonyl (C=O) groups excluding carboxylic acids is 1. The second kappa shape index (κ2) is 3.96. The summed E-state index contributed by atoms with van der Waals surface area (Å²) in [5, 5.41) is 0.0347. The van der Waals surface area contributed by atoms with Crippen molar-refractivity contribution in [1.82, 2.24) is 0 Å². The smallest absolute Gasteiger partial charge is 0.145 e. The van der Waals surface area contributed by atoms with Crippen LogP contribution in [0.25, 0.3) is 5.03 Å². The second-order valence-electron chi connectivity index (χ2n) is 2.12. The molecule has 0 saturated heterocycles. The van der Waals surface area contributed by atoms with E-state index in [2.05, 4.69) is 0 Å². The van der Waals surface area contributed by atoms with Gasteiger partial charge in [0.2, 0.25) is 0 Å². The first kappa shape index (κ1) is 8.85. The highest BCUT2D eigenvalue weighted by Crippen LogP contribution is 2.25. The summed E-state index contributed by atoms with van der Waals surface area (Å²) in [6.45, 7) is 0. The number of hydrogen-bond donors (Lipinski definition) is 0. The number of ether oxygens (including phenoxy) is 1. The van der Waals surface area contributed by atoms with Crippen molar-refractivity contribution in [1.29, 1.82) is 0 Å². The Morgan fingerprint density at radius 2 is 2.17 bits per heavy atom. The molecule has 0 radical (unpaired) electrons. The third-order valence-electron chi connectivity index (χ3n) is 1.43. The van der Waals surface area contributed by atoms with E-state index in [9.17, 15) is 4.79 Å². The van der Waals surface area contributed by atoms with E-state index in [0.717, 1.165) is 0 Å². The van der Waals surface area contributed by atoms with E-state index in [1.807, 2.05) is 0 Å². The Labute approximate surface area is 75.4 Å². The quantitative estimate of drug-likeness (QED) is 0.655. The van der Waals surface area contributed by atoms with Crippen LogP contribution in [-0.4, -0.2) is 13.1 Å². The summed E-state index contributed by atoms with van der Waals surface area (Å²) in [5.41, 5.74) is 0.566. The minimum atomic E-state index is 0.0347. The van der Waals surface area contributed by atoms with Gasteiger partial charge in [-0.15, -0.1) is 0 Å². The lowest BCUT2D eigenvalue weighted by Crippen LogP contribution is -1.87. The zero-order chi connectivity index (χ0) is 8.97. The van der Waals surface area contributed by atoms with Crippen LogP contribution in [0, 0.1) is 0 Å². The minimum absolute atomic E-state index is 0.0347. The Balaban J connectivity index is 3.22. The van der Waals surface area contributed by atoms with E-state index in [1.165, 1.54) is 7.11 Å². The lowest BCUT2D eigenvalue weighted by Gasteiger charge is -2.03. The van der Waals surface area contributed by atoms with Crippen LogP contribution in [0.1, 0.15) is 5.56 Å². The normalized spacial score (nSPS) is 8.83. The maximum atomic E-state index is 10.2. The van der Waals surface area contributed by atoms with Gasteiger partial charge in [0.05, 0.1) is 7.11 Å². The average molecular weight is 183 g/mol. The molecule has 0 aliphatic heterocycles. The van der Waals surface area contributed by atoms with Crippen molar-refractivity contribution >= 4 is 22.6 Å². The summed E-state index contributed by atoms with van der Waals surface area (Å²) in [6, 6.07) is 7.01. The molecular weight excluding hydrogens is 176 g/mol. The van der Waals surface area contributed by atoms with Gasteiger partial charge in [0.15, 0.2) is 0 Å². The zero-order valence-corrected chi connectivity index (χ0v) is 7.26. The van der Waals surface area contributed by atoms with E-state index in [4.69, 9.17) is 16.3 Å². The number of benzene rings is 1. The number of halogens is 1. The molecule has 62 valence electrons. The lowest BCUT2D eigenvalue weighted by atomic mass is 10.2. The van der Waals surface area contributed by atoms with E-state index in [1.54, 1.807) is 30.2 Å². The zero-order valence-electron chi connectivity index (χ0n) is 6.50. The van der Waals surface area contributed by atoms with E-state index in [0.29, 0.717) is 11.3 Å². The van der Waals surface area contributed by atoms with Gasteiger partial charge in [0, 0.05) is 5.56 Å². The number of rotatable bonds is 2. The molecule has 1 aromatic carbocycles. The maximum absolute atomic E-state index is 10.2. The van der Waals surface area contributed by atoms with E-state index in [-0.39, 0.29) is 5.03 Å². The highest BCUT2D eigenvalue weighted by Gasteiger charge is 2.04. The van der Waals surface area contributed by atoms with Gasteiger partial charge in [0.1, 0.15) is 16.7 Å². The van der Waals surface area contributed by atoms with Gasteiger partial charge in [-0.2, -0.15) is 0 Å². The van der Waals surface area contributed by atoms with Crippen LogP contribution >= 0.6 is 11.6 Å². The molecule has 0 N–H and O–H groups in total.